The molecule has 2 heterocycles. The minimum Gasteiger partial charge on any atom is -0.355 e. The first kappa shape index (κ1) is 12.4. The largest absolute Gasteiger partial charge is 0.355 e. The fourth-order valence-electron chi connectivity index (χ4n) is 2.03. The Hall–Kier alpha value is -1.03. The van der Waals surface area contributed by atoms with Gasteiger partial charge in [-0.15, -0.1) is 0 Å². The standard InChI is InChI=1S/C12H19ClN4/c1-3-5-14-12-15-7-10(13)11(16-12)17-6-4-9(2)8-17/h7,9H,3-6,8H2,1-2H3,(H,14,15,16). The number of hydrogen-bond acceptors (Lipinski definition) is 4. The molecule has 17 heavy (non-hydrogen) atoms. The molecule has 0 saturated carbocycles. The first-order valence-corrected chi connectivity index (χ1v) is 6.60. The molecule has 1 N–H and O–H groups in total. The number of hydrogen-bond donors (Lipinski definition) is 1. The highest BCUT2D eigenvalue weighted by Gasteiger charge is 2.22. The van der Waals surface area contributed by atoms with E-state index in [1.807, 2.05) is 0 Å². The molecule has 4 nitrogen and oxygen atoms in total. The van der Waals surface area contributed by atoms with E-state index in [0.29, 0.717) is 16.9 Å². The smallest absolute Gasteiger partial charge is 0.224 e. The van der Waals surface area contributed by atoms with Gasteiger partial charge >= 0.3 is 0 Å². The topological polar surface area (TPSA) is 41.1 Å². The second-order valence-electron chi connectivity index (χ2n) is 4.63. The number of nitrogens with one attached hydrogen (secondary N) is 1. The molecule has 1 atom stereocenters. The predicted octanol–water partition coefficient (Wildman–Crippen LogP) is 2.80. The summed E-state index contributed by atoms with van der Waals surface area (Å²) in [6, 6.07) is 0. The van der Waals surface area contributed by atoms with Crippen LogP contribution in [-0.2, 0) is 0 Å². The molecule has 1 aromatic heterocycles. The van der Waals surface area contributed by atoms with Crippen LogP contribution in [0.15, 0.2) is 6.20 Å². The second-order valence-corrected chi connectivity index (χ2v) is 5.04. The minimum atomic E-state index is 0.640. The van der Waals surface area contributed by atoms with Gasteiger partial charge in [-0.2, -0.15) is 4.98 Å². The van der Waals surface area contributed by atoms with E-state index in [2.05, 4.69) is 34.0 Å². The monoisotopic (exact) mass is 254 g/mol. The lowest BCUT2D eigenvalue weighted by atomic mass is 10.2. The van der Waals surface area contributed by atoms with E-state index in [4.69, 9.17) is 11.6 Å². The summed E-state index contributed by atoms with van der Waals surface area (Å²) < 4.78 is 0. The van der Waals surface area contributed by atoms with Gasteiger partial charge in [0.15, 0.2) is 5.82 Å². The maximum Gasteiger partial charge on any atom is 0.224 e. The molecule has 1 aromatic rings. The normalized spacial score (nSPS) is 19.7. The van der Waals surface area contributed by atoms with E-state index >= 15 is 0 Å². The maximum absolute atomic E-state index is 6.16. The van der Waals surface area contributed by atoms with E-state index in [0.717, 1.165) is 31.9 Å². The van der Waals surface area contributed by atoms with Crippen LogP contribution in [0.1, 0.15) is 26.7 Å². The molecule has 94 valence electrons. The molecule has 0 bridgehead atoms. The third-order valence-corrected chi connectivity index (χ3v) is 3.25. The van der Waals surface area contributed by atoms with E-state index < -0.39 is 0 Å². The van der Waals surface area contributed by atoms with Gasteiger partial charge < -0.3 is 10.2 Å². The van der Waals surface area contributed by atoms with Crippen LogP contribution in [0, 0.1) is 5.92 Å². The van der Waals surface area contributed by atoms with Gasteiger partial charge in [0, 0.05) is 19.6 Å². The molecule has 1 saturated heterocycles. The number of anilines is 2. The SMILES string of the molecule is CCCNc1ncc(Cl)c(N2CCC(C)C2)n1. The Balaban J connectivity index is 2.14. The Morgan fingerprint density at radius 3 is 3.06 bits per heavy atom. The number of nitrogens with zero attached hydrogens (tertiary/aromatic N) is 3. The summed E-state index contributed by atoms with van der Waals surface area (Å²) in [5.74, 6) is 2.25. The zero-order valence-corrected chi connectivity index (χ0v) is 11.2. The third-order valence-electron chi connectivity index (χ3n) is 2.98. The lowest BCUT2D eigenvalue weighted by Gasteiger charge is -2.18. The molecule has 0 aromatic carbocycles. The first-order chi connectivity index (χ1) is 8.20. The fraction of sp³-hybridized carbons (Fsp3) is 0.667. The van der Waals surface area contributed by atoms with Crippen molar-refractivity contribution in [2.75, 3.05) is 29.9 Å². The molecule has 5 heteroatoms. The van der Waals surface area contributed by atoms with Crippen LogP contribution >= 0.6 is 11.6 Å². The molecular weight excluding hydrogens is 236 g/mol. The van der Waals surface area contributed by atoms with Crippen molar-refractivity contribution in [1.29, 1.82) is 0 Å². The van der Waals surface area contributed by atoms with Crippen molar-refractivity contribution in [3.8, 4) is 0 Å². The fourth-order valence-corrected chi connectivity index (χ4v) is 2.24. The van der Waals surface area contributed by atoms with Crippen molar-refractivity contribution in [1.82, 2.24) is 9.97 Å². The van der Waals surface area contributed by atoms with Crippen LogP contribution in [0.4, 0.5) is 11.8 Å². The van der Waals surface area contributed by atoms with Gasteiger partial charge in [0.05, 0.1) is 6.20 Å². The number of aromatic nitrogens is 2. The van der Waals surface area contributed by atoms with Crippen molar-refractivity contribution < 1.29 is 0 Å². The first-order valence-electron chi connectivity index (χ1n) is 6.22. The lowest BCUT2D eigenvalue weighted by Crippen LogP contribution is -2.21. The van der Waals surface area contributed by atoms with Crippen LogP contribution in [0.25, 0.3) is 0 Å². The number of rotatable bonds is 4. The summed E-state index contributed by atoms with van der Waals surface area (Å²) in [5, 5.41) is 3.83. The molecule has 0 aliphatic carbocycles. The van der Waals surface area contributed by atoms with Crippen molar-refractivity contribution in [2.45, 2.75) is 26.7 Å². The van der Waals surface area contributed by atoms with Crippen molar-refractivity contribution >= 4 is 23.4 Å². The highest BCUT2D eigenvalue weighted by molar-refractivity contribution is 6.32. The van der Waals surface area contributed by atoms with Gasteiger partial charge in [-0.05, 0) is 18.8 Å². The van der Waals surface area contributed by atoms with Gasteiger partial charge in [-0.3, -0.25) is 0 Å². The van der Waals surface area contributed by atoms with Gasteiger partial charge in [-0.1, -0.05) is 25.4 Å². The van der Waals surface area contributed by atoms with Crippen molar-refractivity contribution in [3.63, 3.8) is 0 Å². The number of halogens is 1. The third kappa shape index (κ3) is 3.00. The zero-order valence-electron chi connectivity index (χ0n) is 10.4. The minimum absolute atomic E-state index is 0.640. The van der Waals surface area contributed by atoms with E-state index in [-0.39, 0.29) is 0 Å². The summed E-state index contributed by atoms with van der Waals surface area (Å²) in [7, 11) is 0. The Morgan fingerprint density at radius 1 is 1.59 bits per heavy atom. The highest BCUT2D eigenvalue weighted by atomic mass is 35.5. The van der Waals surface area contributed by atoms with E-state index in [1.54, 1.807) is 6.20 Å². The van der Waals surface area contributed by atoms with E-state index in [1.165, 1.54) is 6.42 Å². The molecular formula is C12H19ClN4. The average molecular weight is 255 g/mol. The van der Waals surface area contributed by atoms with Gasteiger partial charge in [-0.25, -0.2) is 4.98 Å². The quantitative estimate of drug-likeness (QED) is 0.897. The molecule has 0 spiro atoms. The maximum atomic E-state index is 6.16. The molecule has 1 aliphatic rings. The summed E-state index contributed by atoms with van der Waals surface area (Å²) >= 11 is 6.16. The molecule has 0 radical (unpaired) electrons. The second kappa shape index (κ2) is 5.54. The van der Waals surface area contributed by atoms with Crippen molar-refractivity contribution in [3.05, 3.63) is 11.2 Å². The summed E-state index contributed by atoms with van der Waals surface area (Å²) in [4.78, 5) is 10.9. The summed E-state index contributed by atoms with van der Waals surface area (Å²) in [5.41, 5.74) is 0. The predicted molar refractivity (Wildman–Crippen MR) is 71.8 cm³/mol. The van der Waals surface area contributed by atoms with Crippen LogP contribution < -0.4 is 10.2 Å². The molecule has 1 aliphatic heterocycles. The Bertz CT molecular complexity index is 383. The summed E-state index contributed by atoms with van der Waals surface area (Å²) in [6.07, 6.45) is 3.95. The molecule has 2 rings (SSSR count). The summed E-state index contributed by atoms with van der Waals surface area (Å²) in [6.45, 7) is 7.32. The Labute approximate surface area is 107 Å². The molecule has 1 fully saturated rings. The van der Waals surface area contributed by atoms with Gasteiger partial charge in [0.2, 0.25) is 5.95 Å². The lowest BCUT2D eigenvalue weighted by molar-refractivity contribution is 0.659. The van der Waals surface area contributed by atoms with Crippen LogP contribution in [0.3, 0.4) is 0 Å². The van der Waals surface area contributed by atoms with Gasteiger partial charge in [0.1, 0.15) is 5.02 Å². The molecule has 1 unspecified atom stereocenters. The van der Waals surface area contributed by atoms with Gasteiger partial charge in [0.25, 0.3) is 0 Å². The van der Waals surface area contributed by atoms with Crippen LogP contribution in [0.5, 0.6) is 0 Å². The van der Waals surface area contributed by atoms with E-state index in [9.17, 15) is 0 Å². The zero-order chi connectivity index (χ0) is 12.3. The Morgan fingerprint density at radius 2 is 2.41 bits per heavy atom. The highest BCUT2D eigenvalue weighted by Crippen LogP contribution is 2.28. The average Bonchev–Trinajstić information content (AvgIpc) is 2.75. The van der Waals surface area contributed by atoms with Crippen molar-refractivity contribution in [2.24, 2.45) is 5.92 Å². The van der Waals surface area contributed by atoms with Crippen LogP contribution in [-0.4, -0.2) is 29.6 Å². The Kier molecular flexibility index (Phi) is 4.05. The molecule has 0 amide bonds. The van der Waals surface area contributed by atoms with Crippen LogP contribution in [0.2, 0.25) is 5.02 Å².